The van der Waals surface area contributed by atoms with Crippen molar-refractivity contribution in [3.63, 3.8) is 0 Å². The maximum absolute atomic E-state index is 12.9. The predicted molar refractivity (Wildman–Crippen MR) is 92.8 cm³/mol. The number of halogens is 1. The summed E-state index contributed by atoms with van der Waals surface area (Å²) in [6.07, 6.45) is 0. The number of hydrogen-bond acceptors (Lipinski definition) is 3. The lowest BCUT2D eigenvalue weighted by atomic mass is 10.2. The summed E-state index contributed by atoms with van der Waals surface area (Å²) in [7, 11) is 0. The molecule has 4 nitrogen and oxygen atoms in total. The minimum atomic E-state index is -0.418. The van der Waals surface area contributed by atoms with Gasteiger partial charge in [0.05, 0.1) is 17.9 Å². The van der Waals surface area contributed by atoms with Crippen LogP contribution in [0, 0.1) is 19.7 Å². The molecule has 1 aromatic heterocycles. The molecule has 25 heavy (non-hydrogen) atoms. The predicted octanol–water partition coefficient (Wildman–Crippen LogP) is 4.04. The van der Waals surface area contributed by atoms with Crippen molar-refractivity contribution in [3.8, 4) is 0 Å². The second-order valence-electron chi connectivity index (χ2n) is 5.89. The van der Waals surface area contributed by atoms with Crippen molar-refractivity contribution in [1.29, 1.82) is 0 Å². The van der Waals surface area contributed by atoms with Crippen LogP contribution in [0.1, 0.15) is 32.9 Å². The molecule has 0 bridgehead atoms. The van der Waals surface area contributed by atoms with Crippen LogP contribution in [0.5, 0.6) is 0 Å². The molecule has 1 heterocycles. The SMILES string of the molecule is Cc1nn(Cc2ccccc2)c(C)c1C(=O)OCc1ccc(F)cc1. The molecule has 0 radical (unpaired) electrons. The Morgan fingerprint density at radius 3 is 2.40 bits per heavy atom. The van der Waals surface area contributed by atoms with Crippen molar-refractivity contribution in [2.24, 2.45) is 0 Å². The maximum Gasteiger partial charge on any atom is 0.342 e. The van der Waals surface area contributed by atoms with Crippen LogP contribution in [0.4, 0.5) is 4.39 Å². The van der Waals surface area contributed by atoms with Gasteiger partial charge >= 0.3 is 5.97 Å². The molecule has 0 saturated heterocycles. The first-order chi connectivity index (χ1) is 12.0. The third-order valence-corrected chi connectivity index (χ3v) is 4.04. The van der Waals surface area contributed by atoms with Crippen LogP contribution in [-0.2, 0) is 17.9 Å². The van der Waals surface area contributed by atoms with Gasteiger partial charge < -0.3 is 4.74 Å². The van der Waals surface area contributed by atoms with Gasteiger partial charge in [-0.05, 0) is 37.1 Å². The quantitative estimate of drug-likeness (QED) is 0.659. The molecule has 3 rings (SSSR count). The van der Waals surface area contributed by atoms with Gasteiger partial charge in [0.15, 0.2) is 0 Å². The van der Waals surface area contributed by atoms with Gasteiger partial charge in [-0.2, -0.15) is 5.10 Å². The Kier molecular flexibility index (Phi) is 4.93. The molecular weight excluding hydrogens is 319 g/mol. The van der Waals surface area contributed by atoms with Gasteiger partial charge in [0.1, 0.15) is 18.0 Å². The van der Waals surface area contributed by atoms with Crippen molar-refractivity contribution in [2.75, 3.05) is 0 Å². The minimum Gasteiger partial charge on any atom is -0.457 e. The molecule has 0 N–H and O–H groups in total. The first kappa shape index (κ1) is 16.9. The normalized spacial score (nSPS) is 10.7. The fraction of sp³-hybridized carbons (Fsp3) is 0.200. The highest BCUT2D eigenvalue weighted by Gasteiger charge is 2.20. The molecule has 0 saturated carbocycles. The van der Waals surface area contributed by atoms with Crippen molar-refractivity contribution in [2.45, 2.75) is 27.0 Å². The Hall–Kier alpha value is -2.95. The summed E-state index contributed by atoms with van der Waals surface area (Å²) in [6.45, 7) is 4.35. The zero-order valence-corrected chi connectivity index (χ0v) is 14.2. The van der Waals surface area contributed by atoms with Gasteiger partial charge in [-0.1, -0.05) is 42.5 Å². The number of nitrogens with zero attached hydrogens (tertiary/aromatic N) is 2. The fourth-order valence-electron chi connectivity index (χ4n) is 2.70. The van der Waals surface area contributed by atoms with E-state index >= 15 is 0 Å². The van der Waals surface area contributed by atoms with Gasteiger partial charge in [0.2, 0.25) is 0 Å². The number of carbonyl (C=O) groups is 1. The number of rotatable bonds is 5. The molecule has 2 aromatic carbocycles. The Labute approximate surface area is 145 Å². The van der Waals surface area contributed by atoms with Gasteiger partial charge in [0, 0.05) is 0 Å². The van der Waals surface area contributed by atoms with E-state index in [2.05, 4.69) is 5.10 Å². The van der Waals surface area contributed by atoms with Crippen LogP contribution in [0.3, 0.4) is 0 Å². The summed E-state index contributed by atoms with van der Waals surface area (Å²) in [5.41, 5.74) is 3.74. The lowest BCUT2D eigenvalue weighted by Crippen LogP contribution is -2.09. The van der Waals surface area contributed by atoms with E-state index in [9.17, 15) is 9.18 Å². The van der Waals surface area contributed by atoms with Crippen molar-refractivity contribution in [1.82, 2.24) is 9.78 Å². The van der Waals surface area contributed by atoms with E-state index in [0.29, 0.717) is 17.8 Å². The summed E-state index contributed by atoms with van der Waals surface area (Å²) < 4.78 is 20.1. The first-order valence-electron chi connectivity index (χ1n) is 8.04. The summed E-state index contributed by atoms with van der Waals surface area (Å²) in [5, 5.41) is 4.46. The highest BCUT2D eigenvalue weighted by atomic mass is 19.1. The standard InChI is InChI=1S/C20H19FN2O2/c1-14-19(20(24)25-13-17-8-10-18(21)11-9-17)15(2)23(22-14)12-16-6-4-3-5-7-16/h3-11H,12-13H2,1-2H3. The highest BCUT2D eigenvalue weighted by molar-refractivity contribution is 5.91. The second-order valence-corrected chi connectivity index (χ2v) is 5.89. The van der Waals surface area contributed by atoms with E-state index < -0.39 is 5.97 Å². The van der Waals surface area contributed by atoms with E-state index in [1.165, 1.54) is 12.1 Å². The van der Waals surface area contributed by atoms with Crippen molar-refractivity contribution >= 4 is 5.97 Å². The number of esters is 1. The Morgan fingerprint density at radius 2 is 1.72 bits per heavy atom. The molecule has 0 atom stereocenters. The number of aryl methyl sites for hydroxylation is 1. The third-order valence-electron chi connectivity index (χ3n) is 4.04. The van der Waals surface area contributed by atoms with Gasteiger partial charge in [0.25, 0.3) is 0 Å². The monoisotopic (exact) mass is 338 g/mol. The van der Waals surface area contributed by atoms with Gasteiger partial charge in [-0.25, -0.2) is 9.18 Å². The number of hydrogen-bond donors (Lipinski definition) is 0. The van der Waals surface area contributed by atoms with Gasteiger partial charge in [-0.15, -0.1) is 0 Å². The average molecular weight is 338 g/mol. The molecule has 5 heteroatoms. The zero-order valence-electron chi connectivity index (χ0n) is 14.2. The summed E-state index contributed by atoms with van der Waals surface area (Å²) in [4.78, 5) is 12.4. The topological polar surface area (TPSA) is 44.1 Å². The van der Waals surface area contributed by atoms with Crippen LogP contribution >= 0.6 is 0 Å². The third kappa shape index (κ3) is 3.94. The molecule has 3 aromatic rings. The maximum atomic E-state index is 12.9. The summed E-state index contributed by atoms with van der Waals surface area (Å²) in [5.74, 6) is -0.734. The van der Waals surface area contributed by atoms with Crippen LogP contribution < -0.4 is 0 Å². The van der Waals surface area contributed by atoms with Crippen LogP contribution in [0.15, 0.2) is 54.6 Å². The van der Waals surface area contributed by atoms with E-state index in [-0.39, 0.29) is 12.4 Å². The Balaban J connectivity index is 1.73. The summed E-state index contributed by atoms with van der Waals surface area (Å²) >= 11 is 0. The molecule has 0 fully saturated rings. The molecule has 128 valence electrons. The fourth-order valence-corrected chi connectivity index (χ4v) is 2.70. The zero-order chi connectivity index (χ0) is 17.8. The Morgan fingerprint density at radius 1 is 1.04 bits per heavy atom. The largest absolute Gasteiger partial charge is 0.457 e. The molecule has 0 spiro atoms. The Bertz CT molecular complexity index is 871. The number of carbonyl (C=O) groups excluding carboxylic acids is 1. The van der Waals surface area contributed by atoms with E-state index in [1.54, 1.807) is 23.7 Å². The number of benzene rings is 2. The number of aromatic nitrogens is 2. The van der Waals surface area contributed by atoms with Crippen molar-refractivity contribution < 1.29 is 13.9 Å². The lowest BCUT2D eigenvalue weighted by Gasteiger charge is -2.07. The molecule has 0 aliphatic rings. The minimum absolute atomic E-state index is 0.0991. The number of ether oxygens (including phenoxy) is 1. The van der Waals surface area contributed by atoms with Gasteiger partial charge in [-0.3, -0.25) is 4.68 Å². The lowest BCUT2D eigenvalue weighted by molar-refractivity contribution is 0.0471. The molecule has 0 amide bonds. The van der Waals surface area contributed by atoms with Crippen LogP contribution in [0.25, 0.3) is 0 Å². The van der Waals surface area contributed by atoms with E-state index in [0.717, 1.165) is 16.8 Å². The smallest absolute Gasteiger partial charge is 0.342 e. The molecule has 0 aliphatic heterocycles. The molecular formula is C20H19FN2O2. The summed E-state index contributed by atoms with van der Waals surface area (Å²) in [6, 6.07) is 15.8. The highest BCUT2D eigenvalue weighted by Crippen LogP contribution is 2.17. The van der Waals surface area contributed by atoms with Crippen LogP contribution in [0.2, 0.25) is 0 Å². The molecule has 0 unspecified atom stereocenters. The average Bonchev–Trinajstić information content (AvgIpc) is 2.89. The second kappa shape index (κ2) is 7.30. The van der Waals surface area contributed by atoms with Crippen molar-refractivity contribution in [3.05, 3.63) is 88.5 Å². The first-order valence-corrected chi connectivity index (χ1v) is 8.04. The van der Waals surface area contributed by atoms with E-state index in [1.807, 2.05) is 37.3 Å². The van der Waals surface area contributed by atoms with Crippen LogP contribution in [-0.4, -0.2) is 15.7 Å². The van der Waals surface area contributed by atoms with E-state index in [4.69, 9.17) is 4.74 Å². The molecule has 0 aliphatic carbocycles.